The first kappa shape index (κ1) is 18.9. The van der Waals surface area contributed by atoms with E-state index in [0.717, 1.165) is 45.3 Å². The molecule has 0 spiro atoms. The van der Waals surface area contributed by atoms with Crippen LogP contribution in [-0.4, -0.2) is 55.5 Å². The van der Waals surface area contributed by atoms with Crippen LogP contribution in [0.5, 0.6) is 0 Å². The maximum absolute atomic E-state index is 11.7. The van der Waals surface area contributed by atoms with Crippen LogP contribution in [0.3, 0.4) is 0 Å². The summed E-state index contributed by atoms with van der Waals surface area (Å²) >= 11 is 0. The summed E-state index contributed by atoms with van der Waals surface area (Å²) in [5, 5.41) is 3.73. The first-order valence-electron chi connectivity index (χ1n) is 8.47. The molecular formula is C16H34N2O2S. The lowest BCUT2D eigenvalue weighted by Gasteiger charge is -2.53. The van der Waals surface area contributed by atoms with Crippen LogP contribution in [0.4, 0.5) is 0 Å². The lowest BCUT2D eigenvalue weighted by molar-refractivity contribution is 0.00270. The van der Waals surface area contributed by atoms with Gasteiger partial charge >= 0.3 is 0 Å². The number of nitrogens with zero attached hydrogens (tertiary/aromatic N) is 1. The van der Waals surface area contributed by atoms with Crippen LogP contribution in [0.2, 0.25) is 0 Å². The van der Waals surface area contributed by atoms with Crippen molar-refractivity contribution in [2.24, 2.45) is 0 Å². The molecule has 126 valence electrons. The predicted molar refractivity (Wildman–Crippen MR) is 90.5 cm³/mol. The average Bonchev–Trinajstić information content (AvgIpc) is 2.48. The fourth-order valence-electron chi connectivity index (χ4n) is 3.25. The molecule has 1 aliphatic rings. The van der Waals surface area contributed by atoms with E-state index >= 15 is 0 Å². The van der Waals surface area contributed by atoms with E-state index in [1.807, 2.05) is 0 Å². The predicted octanol–water partition coefficient (Wildman–Crippen LogP) is 2.44. The Balaban J connectivity index is 2.75. The number of rotatable bonds is 8. The van der Waals surface area contributed by atoms with Gasteiger partial charge in [-0.05, 0) is 39.2 Å². The topological polar surface area (TPSA) is 49.4 Å². The van der Waals surface area contributed by atoms with Gasteiger partial charge in [0, 0.05) is 29.9 Å². The quantitative estimate of drug-likeness (QED) is 0.747. The Hall–Kier alpha value is -0.130. The van der Waals surface area contributed by atoms with E-state index in [2.05, 4.69) is 37.9 Å². The summed E-state index contributed by atoms with van der Waals surface area (Å²) in [6.07, 6.45) is 4.06. The van der Waals surface area contributed by atoms with Crippen molar-refractivity contribution in [3.8, 4) is 0 Å². The standard InChI is InChI=1S/C16H34N2O2S/c1-6-15(5)14-18(11-10-12-21(19,20)9-4)16(7-2,8-3)13-17-15/h17H,6-14H2,1-5H3. The molecule has 0 aromatic heterocycles. The van der Waals surface area contributed by atoms with Gasteiger partial charge < -0.3 is 5.32 Å². The second-order valence-corrected chi connectivity index (χ2v) is 9.18. The summed E-state index contributed by atoms with van der Waals surface area (Å²) in [5.41, 5.74) is 0.335. The van der Waals surface area contributed by atoms with E-state index in [1.165, 1.54) is 0 Å². The molecule has 4 nitrogen and oxygen atoms in total. The molecule has 0 aromatic rings. The molecule has 0 radical (unpaired) electrons. The zero-order chi connectivity index (χ0) is 16.1. The first-order chi connectivity index (χ1) is 9.76. The second kappa shape index (κ2) is 7.42. The van der Waals surface area contributed by atoms with E-state index in [9.17, 15) is 8.42 Å². The van der Waals surface area contributed by atoms with Crippen molar-refractivity contribution in [3.05, 3.63) is 0 Å². The van der Waals surface area contributed by atoms with Crippen molar-refractivity contribution in [1.82, 2.24) is 10.2 Å². The van der Waals surface area contributed by atoms with E-state index in [4.69, 9.17) is 0 Å². The Bertz CT molecular complexity index is 418. The number of hydrogen-bond acceptors (Lipinski definition) is 4. The molecule has 1 unspecified atom stereocenters. The minimum Gasteiger partial charge on any atom is -0.308 e. The monoisotopic (exact) mass is 318 g/mol. The molecule has 1 N–H and O–H groups in total. The van der Waals surface area contributed by atoms with Crippen molar-refractivity contribution in [1.29, 1.82) is 0 Å². The first-order valence-corrected chi connectivity index (χ1v) is 10.3. The molecular weight excluding hydrogens is 284 g/mol. The van der Waals surface area contributed by atoms with Gasteiger partial charge in [-0.1, -0.05) is 27.7 Å². The van der Waals surface area contributed by atoms with Crippen LogP contribution in [-0.2, 0) is 9.84 Å². The molecule has 21 heavy (non-hydrogen) atoms. The maximum atomic E-state index is 11.7. The smallest absolute Gasteiger partial charge is 0.150 e. The van der Waals surface area contributed by atoms with Crippen LogP contribution in [0.25, 0.3) is 0 Å². The van der Waals surface area contributed by atoms with Crippen LogP contribution in [0.1, 0.15) is 60.3 Å². The van der Waals surface area contributed by atoms with Crippen molar-refractivity contribution in [2.75, 3.05) is 31.1 Å². The highest BCUT2D eigenvalue weighted by Crippen LogP contribution is 2.31. The summed E-state index contributed by atoms with van der Waals surface area (Å²) in [6.45, 7) is 13.6. The van der Waals surface area contributed by atoms with E-state index in [0.29, 0.717) is 5.75 Å². The van der Waals surface area contributed by atoms with Crippen LogP contribution in [0.15, 0.2) is 0 Å². The zero-order valence-corrected chi connectivity index (χ0v) is 15.4. The summed E-state index contributed by atoms with van der Waals surface area (Å²) in [4.78, 5) is 2.55. The molecule has 1 saturated heterocycles. The molecule has 1 atom stereocenters. The molecule has 0 aliphatic carbocycles. The number of sulfone groups is 1. The minimum absolute atomic E-state index is 0.150. The Kier molecular flexibility index (Phi) is 6.69. The molecule has 0 aromatic carbocycles. The molecule has 5 heteroatoms. The highest BCUT2D eigenvalue weighted by molar-refractivity contribution is 7.91. The minimum atomic E-state index is -2.85. The third kappa shape index (κ3) is 4.67. The van der Waals surface area contributed by atoms with Gasteiger partial charge in [-0.15, -0.1) is 0 Å². The van der Waals surface area contributed by atoms with Gasteiger partial charge in [-0.2, -0.15) is 0 Å². The lowest BCUT2D eigenvalue weighted by Crippen LogP contribution is -2.68. The lowest BCUT2D eigenvalue weighted by atomic mass is 9.82. The van der Waals surface area contributed by atoms with Crippen LogP contribution in [0, 0.1) is 0 Å². The van der Waals surface area contributed by atoms with Gasteiger partial charge in [0.15, 0.2) is 0 Å². The third-order valence-electron chi connectivity index (χ3n) is 5.47. The Morgan fingerprint density at radius 2 is 1.71 bits per heavy atom. The Labute approximate surface area is 131 Å². The van der Waals surface area contributed by atoms with Gasteiger partial charge in [0.05, 0.1) is 5.75 Å². The number of nitrogens with one attached hydrogen (secondary N) is 1. The summed E-state index contributed by atoms with van der Waals surface area (Å²) in [5.74, 6) is 0.577. The summed E-state index contributed by atoms with van der Waals surface area (Å²) < 4.78 is 23.4. The summed E-state index contributed by atoms with van der Waals surface area (Å²) in [6, 6.07) is 0. The fraction of sp³-hybridized carbons (Fsp3) is 1.00. The average molecular weight is 319 g/mol. The normalized spacial score (nSPS) is 26.9. The van der Waals surface area contributed by atoms with E-state index in [-0.39, 0.29) is 16.8 Å². The van der Waals surface area contributed by atoms with Gasteiger partial charge in [-0.25, -0.2) is 8.42 Å². The zero-order valence-electron chi connectivity index (χ0n) is 14.5. The van der Waals surface area contributed by atoms with Crippen molar-refractivity contribution in [2.45, 2.75) is 71.4 Å². The molecule has 0 amide bonds. The molecule has 0 saturated carbocycles. The fourth-order valence-corrected chi connectivity index (χ4v) is 4.11. The van der Waals surface area contributed by atoms with Crippen molar-refractivity contribution >= 4 is 9.84 Å². The van der Waals surface area contributed by atoms with Crippen LogP contribution >= 0.6 is 0 Å². The third-order valence-corrected chi connectivity index (χ3v) is 7.26. The number of piperazine rings is 1. The highest BCUT2D eigenvalue weighted by Gasteiger charge is 2.42. The van der Waals surface area contributed by atoms with Gasteiger partial charge in [0.2, 0.25) is 0 Å². The maximum Gasteiger partial charge on any atom is 0.150 e. The van der Waals surface area contributed by atoms with Crippen molar-refractivity contribution in [3.63, 3.8) is 0 Å². The second-order valence-electron chi connectivity index (χ2n) is 6.71. The van der Waals surface area contributed by atoms with E-state index < -0.39 is 9.84 Å². The van der Waals surface area contributed by atoms with Crippen molar-refractivity contribution < 1.29 is 8.42 Å². The van der Waals surface area contributed by atoms with Gasteiger partial charge in [0.25, 0.3) is 0 Å². The molecule has 1 fully saturated rings. The molecule has 0 bridgehead atoms. The molecule has 1 heterocycles. The number of hydrogen-bond donors (Lipinski definition) is 1. The Morgan fingerprint density at radius 3 is 2.19 bits per heavy atom. The summed E-state index contributed by atoms with van der Waals surface area (Å²) in [7, 11) is -2.85. The van der Waals surface area contributed by atoms with Crippen LogP contribution < -0.4 is 5.32 Å². The van der Waals surface area contributed by atoms with Gasteiger partial charge in [0.1, 0.15) is 9.84 Å². The van der Waals surface area contributed by atoms with Gasteiger partial charge in [-0.3, -0.25) is 4.90 Å². The SMILES string of the molecule is CCC1(C)CN(CCCS(=O)(=O)CC)C(CC)(CC)CN1. The highest BCUT2D eigenvalue weighted by atomic mass is 32.2. The van der Waals surface area contributed by atoms with E-state index in [1.54, 1.807) is 6.92 Å². The molecule has 1 aliphatic heterocycles. The Morgan fingerprint density at radius 1 is 1.10 bits per heavy atom. The largest absolute Gasteiger partial charge is 0.308 e. The molecule has 1 rings (SSSR count).